The van der Waals surface area contributed by atoms with Crippen LogP contribution in [0.1, 0.15) is 18.9 Å². The molecule has 1 aromatic rings. The molecule has 0 aromatic heterocycles. The van der Waals surface area contributed by atoms with Gasteiger partial charge in [-0.05, 0) is 24.6 Å². The van der Waals surface area contributed by atoms with Crippen LogP contribution in [0.3, 0.4) is 0 Å². The van der Waals surface area contributed by atoms with Crippen molar-refractivity contribution in [2.45, 2.75) is 19.8 Å². The molecule has 104 valence electrons. The molecule has 0 aliphatic rings. The summed E-state index contributed by atoms with van der Waals surface area (Å²) in [5, 5.41) is 0. The van der Waals surface area contributed by atoms with E-state index in [0.29, 0.717) is 13.1 Å². The van der Waals surface area contributed by atoms with Crippen LogP contribution in [0.4, 0.5) is 4.39 Å². The normalized spacial score (nSPS) is 10.1. The number of halogens is 1. The van der Waals surface area contributed by atoms with Crippen LogP contribution in [0.25, 0.3) is 0 Å². The molecule has 0 saturated carbocycles. The van der Waals surface area contributed by atoms with Crippen LogP contribution in [-0.2, 0) is 20.7 Å². The molecular weight excluding hydrogens is 249 g/mol. The zero-order chi connectivity index (χ0) is 14.3. The van der Waals surface area contributed by atoms with Crippen LogP contribution < -0.4 is 0 Å². The molecule has 4 nitrogen and oxygen atoms in total. The minimum atomic E-state index is -0.340. The first kappa shape index (κ1) is 15.1. The molecule has 1 amide bonds. The number of carbonyl (C=O) groups is 2. The Morgan fingerprint density at radius 1 is 1.26 bits per heavy atom. The Morgan fingerprint density at radius 2 is 1.89 bits per heavy atom. The van der Waals surface area contributed by atoms with Crippen molar-refractivity contribution in [1.82, 2.24) is 4.90 Å². The number of esters is 1. The minimum absolute atomic E-state index is 0.0852. The van der Waals surface area contributed by atoms with Gasteiger partial charge in [-0.2, -0.15) is 0 Å². The quantitative estimate of drug-likeness (QED) is 0.738. The highest BCUT2D eigenvalue weighted by Gasteiger charge is 2.14. The van der Waals surface area contributed by atoms with Crippen LogP contribution in [-0.4, -0.2) is 37.0 Å². The van der Waals surface area contributed by atoms with Gasteiger partial charge in [-0.3, -0.25) is 9.59 Å². The lowest BCUT2D eigenvalue weighted by Gasteiger charge is -2.20. The maximum absolute atomic E-state index is 12.8. The largest absolute Gasteiger partial charge is 0.469 e. The second kappa shape index (κ2) is 7.51. The van der Waals surface area contributed by atoms with Crippen molar-refractivity contribution >= 4 is 11.9 Å². The summed E-state index contributed by atoms with van der Waals surface area (Å²) in [6.07, 6.45) is 0.384. The fraction of sp³-hybridized carbons (Fsp3) is 0.429. The van der Waals surface area contributed by atoms with E-state index in [1.54, 1.807) is 17.0 Å². The summed E-state index contributed by atoms with van der Waals surface area (Å²) in [5.41, 5.74) is 0.753. The van der Waals surface area contributed by atoms with Gasteiger partial charge in [0.1, 0.15) is 5.82 Å². The predicted octanol–water partition coefficient (Wildman–Crippen LogP) is 1.78. The number of benzene rings is 1. The number of hydrogen-bond acceptors (Lipinski definition) is 3. The molecule has 0 saturated heterocycles. The number of methoxy groups -OCH3 is 1. The van der Waals surface area contributed by atoms with Crippen molar-refractivity contribution in [1.29, 1.82) is 0 Å². The Labute approximate surface area is 112 Å². The number of rotatable bonds is 6. The molecule has 0 bridgehead atoms. The maximum Gasteiger partial charge on any atom is 0.307 e. The van der Waals surface area contributed by atoms with Gasteiger partial charge in [0, 0.05) is 13.1 Å². The fourth-order valence-electron chi connectivity index (χ4n) is 1.68. The molecule has 19 heavy (non-hydrogen) atoms. The second-order valence-electron chi connectivity index (χ2n) is 4.10. The first-order chi connectivity index (χ1) is 9.06. The Bertz CT molecular complexity index is 431. The third kappa shape index (κ3) is 5.07. The summed E-state index contributed by atoms with van der Waals surface area (Å²) >= 11 is 0. The molecule has 0 N–H and O–H groups in total. The van der Waals surface area contributed by atoms with Crippen molar-refractivity contribution in [3.05, 3.63) is 35.6 Å². The van der Waals surface area contributed by atoms with Crippen molar-refractivity contribution in [2.75, 3.05) is 20.2 Å². The Morgan fingerprint density at radius 3 is 2.42 bits per heavy atom. The Kier molecular flexibility index (Phi) is 5.99. The van der Waals surface area contributed by atoms with Crippen LogP contribution in [0.15, 0.2) is 24.3 Å². The lowest BCUT2D eigenvalue weighted by Crippen LogP contribution is -2.34. The predicted molar refractivity (Wildman–Crippen MR) is 69.0 cm³/mol. The molecule has 0 spiro atoms. The molecule has 0 atom stereocenters. The molecule has 1 rings (SSSR count). The average molecular weight is 267 g/mol. The van der Waals surface area contributed by atoms with Crippen LogP contribution in [0, 0.1) is 5.82 Å². The van der Waals surface area contributed by atoms with Crippen LogP contribution in [0.5, 0.6) is 0 Å². The van der Waals surface area contributed by atoms with Gasteiger partial charge in [0.2, 0.25) is 5.91 Å². The van der Waals surface area contributed by atoms with E-state index in [9.17, 15) is 14.0 Å². The highest BCUT2D eigenvalue weighted by molar-refractivity contribution is 5.79. The monoisotopic (exact) mass is 267 g/mol. The summed E-state index contributed by atoms with van der Waals surface area (Å²) in [7, 11) is 1.32. The van der Waals surface area contributed by atoms with E-state index < -0.39 is 0 Å². The highest BCUT2D eigenvalue weighted by atomic mass is 19.1. The Balaban J connectivity index is 2.53. The van der Waals surface area contributed by atoms with Gasteiger partial charge in [0.25, 0.3) is 0 Å². The molecule has 0 unspecified atom stereocenters. The van der Waals surface area contributed by atoms with Crippen molar-refractivity contribution in [3.8, 4) is 0 Å². The van der Waals surface area contributed by atoms with Gasteiger partial charge in [0.05, 0.1) is 20.0 Å². The smallest absolute Gasteiger partial charge is 0.307 e. The second-order valence-corrected chi connectivity index (χ2v) is 4.10. The molecule has 1 aromatic carbocycles. The van der Waals surface area contributed by atoms with Gasteiger partial charge < -0.3 is 9.64 Å². The van der Waals surface area contributed by atoms with Gasteiger partial charge in [0.15, 0.2) is 0 Å². The molecule has 0 aliphatic carbocycles. The summed E-state index contributed by atoms with van der Waals surface area (Å²) in [6.45, 7) is 2.71. The highest BCUT2D eigenvalue weighted by Crippen LogP contribution is 2.06. The molecule has 5 heteroatoms. The molecule has 0 fully saturated rings. The van der Waals surface area contributed by atoms with Crippen molar-refractivity contribution < 1.29 is 18.7 Å². The lowest BCUT2D eigenvalue weighted by atomic mass is 10.1. The van der Waals surface area contributed by atoms with E-state index >= 15 is 0 Å². The van der Waals surface area contributed by atoms with E-state index in [1.165, 1.54) is 19.2 Å². The van der Waals surface area contributed by atoms with Gasteiger partial charge >= 0.3 is 5.97 Å². The van der Waals surface area contributed by atoms with E-state index in [4.69, 9.17) is 0 Å². The zero-order valence-electron chi connectivity index (χ0n) is 11.2. The topological polar surface area (TPSA) is 46.6 Å². The number of hydrogen-bond donors (Lipinski definition) is 0. The maximum atomic E-state index is 12.8. The van der Waals surface area contributed by atoms with Crippen LogP contribution in [0.2, 0.25) is 0 Å². The standard InChI is InChI=1S/C14H18FNO3/c1-3-16(9-8-14(18)19-2)13(17)10-11-4-6-12(15)7-5-11/h4-7H,3,8-10H2,1-2H3. The summed E-state index contributed by atoms with van der Waals surface area (Å²) in [6, 6.07) is 5.82. The molecular formula is C14H18FNO3. The van der Waals surface area contributed by atoms with Gasteiger partial charge in [-0.25, -0.2) is 4.39 Å². The van der Waals surface area contributed by atoms with Gasteiger partial charge in [-0.1, -0.05) is 12.1 Å². The van der Waals surface area contributed by atoms with E-state index in [-0.39, 0.29) is 30.5 Å². The van der Waals surface area contributed by atoms with E-state index in [0.717, 1.165) is 5.56 Å². The van der Waals surface area contributed by atoms with Gasteiger partial charge in [-0.15, -0.1) is 0 Å². The van der Waals surface area contributed by atoms with E-state index in [1.807, 2.05) is 6.92 Å². The summed E-state index contributed by atoms with van der Waals surface area (Å²) < 4.78 is 17.3. The molecule has 0 heterocycles. The first-order valence-corrected chi connectivity index (χ1v) is 6.15. The average Bonchev–Trinajstić information content (AvgIpc) is 2.41. The van der Waals surface area contributed by atoms with E-state index in [2.05, 4.69) is 4.74 Å². The number of likely N-dealkylation sites (N-methyl/N-ethyl adjacent to an activating group) is 1. The number of nitrogens with zero attached hydrogens (tertiary/aromatic N) is 1. The third-order valence-electron chi connectivity index (χ3n) is 2.82. The fourth-order valence-corrected chi connectivity index (χ4v) is 1.68. The van der Waals surface area contributed by atoms with Crippen molar-refractivity contribution in [3.63, 3.8) is 0 Å². The first-order valence-electron chi connectivity index (χ1n) is 6.15. The molecule has 0 radical (unpaired) electrons. The summed E-state index contributed by atoms with van der Waals surface area (Å²) in [4.78, 5) is 24.6. The molecule has 0 aliphatic heterocycles. The van der Waals surface area contributed by atoms with Crippen LogP contribution >= 0.6 is 0 Å². The number of amides is 1. The number of ether oxygens (including phenoxy) is 1. The third-order valence-corrected chi connectivity index (χ3v) is 2.82. The SMILES string of the molecule is CCN(CCC(=O)OC)C(=O)Cc1ccc(F)cc1. The summed E-state index contributed by atoms with van der Waals surface area (Å²) in [5.74, 6) is -0.750. The Hall–Kier alpha value is -1.91. The minimum Gasteiger partial charge on any atom is -0.469 e. The van der Waals surface area contributed by atoms with Crippen molar-refractivity contribution in [2.24, 2.45) is 0 Å². The zero-order valence-corrected chi connectivity index (χ0v) is 11.2. The number of carbonyl (C=O) groups excluding carboxylic acids is 2. The lowest BCUT2D eigenvalue weighted by molar-refractivity contribution is -0.141.